The minimum atomic E-state index is -0.171. The zero-order valence-corrected chi connectivity index (χ0v) is 11.5. The lowest BCUT2D eigenvalue weighted by atomic mass is 9.75. The van der Waals surface area contributed by atoms with Crippen LogP contribution in [0.25, 0.3) is 0 Å². The van der Waals surface area contributed by atoms with Gasteiger partial charge in [-0.2, -0.15) is 0 Å². The predicted octanol–water partition coefficient (Wildman–Crippen LogP) is 1.14. The van der Waals surface area contributed by atoms with Crippen molar-refractivity contribution < 1.29 is 9.90 Å². The number of aliphatic hydroxyl groups excluding tert-OH is 1. The van der Waals surface area contributed by atoms with Crippen molar-refractivity contribution in [3.63, 3.8) is 0 Å². The highest BCUT2D eigenvalue weighted by Crippen LogP contribution is 2.36. The van der Waals surface area contributed by atoms with Crippen LogP contribution in [-0.4, -0.2) is 48.2 Å². The Hall–Kier alpha value is -0.610. The number of aliphatic hydroxyl groups is 1. The maximum absolute atomic E-state index is 12.9. The minimum absolute atomic E-state index is 0.0598. The van der Waals surface area contributed by atoms with Gasteiger partial charge in [0.1, 0.15) is 0 Å². The Balaban J connectivity index is 2.11. The van der Waals surface area contributed by atoms with Crippen molar-refractivity contribution >= 4 is 5.91 Å². The van der Waals surface area contributed by atoms with Crippen LogP contribution in [0.15, 0.2) is 0 Å². The molecule has 2 N–H and O–H groups in total. The van der Waals surface area contributed by atoms with Gasteiger partial charge in [0.2, 0.25) is 5.91 Å². The summed E-state index contributed by atoms with van der Waals surface area (Å²) >= 11 is 0. The van der Waals surface area contributed by atoms with Crippen molar-refractivity contribution in [3.8, 4) is 0 Å². The Labute approximate surface area is 110 Å². The van der Waals surface area contributed by atoms with E-state index in [1.54, 1.807) is 0 Å². The molecule has 0 spiro atoms. The van der Waals surface area contributed by atoms with Crippen molar-refractivity contribution in [2.24, 2.45) is 5.41 Å². The first kappa shape index (κ1) is 13.8. The van der Waals surface area contributed by atoms with Gasteiger partial charge in [0.05, 0.1) is 18.1 Å². The molecule has 0 aromatic rings. The van der Waals surface area contributed by atoms with Gasteiger partial charge in [-0.3, -0.25) is 4.79 Å². The van der Waals surface area contributed by atoms with E-state index in [2.05, 4.69) is 12.2 Å². The van der Waals surface area contributed by atoms with E-state index >= 15 is 0 Å². The maximum atomic E-state index is 12.9. The predicted molar refractivity (Wildman–Crippen MR) is 71.3 cm³/mol. The third-order valence-corrected chi connectivity index (χ3v) is 4.79. The average Bonchev–Trinajstić information content (AvgIpc) is 2.47. The first-order valence-corrected chi connectivity index (χ1v) is 7.36. The fraction of sp³-hybridized carbons (Fsp3) is 0.929. The second-order valence-electron chi connectivity index (χ2n) is 5.71. The number of likely N-dealkylation sites (tertiary alicyclic amines) is 1. The number of piperidine rings is 2. The molecule has 2 heterocycles. The SMILES string of the molecule is CCC1(C(=O)N2CCCCC2CO)CCNCC1. The number of nitrogens with one attached hydrogen (secondary N) is 1. The van der Waals surface area contributed by atoms with E-state index in [-0.39, 0.29) is 18.1 Å². The topological polar surface area (TPSA) is 52.6 Å². The van der Waals surface area contributed by atoms with Crippen LogP contribution in [0.2, 0.25) is 0 Å². The second kappa shape index (κ2) is 6.02. The molecular formula is C14H26N2O2. The molecule has 4 nitrogen and oxygen atoms in total. The Morgan fingerprint density at radius 2 is 2.11 bits per heavy atom. The van der Waals surface area contributed by atoms with Crippen molar-refractivity contribution in [3.05, 3.63) is 0 Å². The van der Waals surface area contributed by atoms with Gasteiger partial charge in [0.25, 0.3) is 0 Å². The molecule has 104 valence electrons. The van der Waals surface area contributed by atoms with Gasteiger partial charge in [-0.25, -0.2) is 0 Å². The van der Waals surface area contributed by atoms with Gasteiger partial charge in [-0.05, 0) is 51.6 Å². The van der Waals surface area contributed by atoms with Crippen molar-refractivity contribution in [2.45, 2.75) is 51.5 Å². The standard InChI is InChI=1S/C14H26N2O2/c1-2-14(6-8-15-9-7-14)13(18)16-10-4-3-5-12(16)11-17/h12,15,17H,2-11H2,1H3. The normalized spacial score (nSPS) is 28.1. The summed E-state index contributed by atoms with van der Waals surface area (Å²) in [6.45, 7) is 4.96. The van der Waals surface area contributed by atoms with Crippen molar-refractivity contribution in [2.75, 3.05) is 26.2 Å². The third-order valence-electron chi connectivity index (χ3n) is 4.79. The summed E-state index contributed by atoms with van der Waals surface area (Å²) in [5.74, 6) is 0.297. The summed E-state index contributed by atoms with van der Waals surface area (Å²) in [5.41, 5.74) is -0.171. The zero-order chi connectivity index (χ0) is 13.0. The quantitative estimate of drug-likeness (QED) is 0.794. The number of amides is 1. The van der Waals surface area contributed by atoms with Crippen LogP contribution in [0, 0.1) is 5.41 Å². The van der Waals surface area contributed by atoms with Crippen LogP contribution in [0.5, 0.6) is 0 Å². The van der Waals surface area contributed by atoms with Gasteiger partial charge < -0.3 is 15.3 Å². The molecule has 4 heteroatoms. The highest BCUT2D eigenvalue weighted by atomic mass is 16.3. The van der Waals surface area contributed by atoms with E-state index < -0.39 is 0 Å². The zero-order valence-electron chi connectivity index (χ0n) is 11.5. The molecule has 2 saturated heterocycles. The molecule has 0 aromatic heterocycles. The lowest BCUT2D eigenvalue weighted by molar-refractivity contribution is -0.149. The Bertz CT molecular complexity index is 288. The molecule has 0 bridgehead atoms. The first-order valence-electron chi connectivity index (χ1n) is 7.36. The highest BCUT2D eigenvalue weighted by molar-refractivity contribution is 5.83. The molecule has 2 fully saturated rings. The van der Waals surface area contributed by atoms with Crippen molar-refractivity contribution in [1.82, 2.24) is 10.2 Å². The molecule has 0 saturated carbocycles. The van der Waals surface area contributed by atoms with Gasteiger partial charge in [-0.1, -0.05) is 6.92 Å². The number of carbonyl (C=O) groups excluding carboxylic acids is 1. The second-order valence-corrected chi connectivity index (χ2v) is 5.71. The monoisotopic (exact) mass is 254 g/mol. The van der Waals surface area contributed by atoms with Crippen LogP contribution >= 0.6 is 0 Å². The molecule has 0 aromatic carbocycles. The average molecular weight is 254 g/mol. The molecular weight excluding hydrogens is 228 g/mol. The van der Waals surface area contributed by atoms with E-state index in [1.165, 1.54) is 0 Å². The van der Waals surface area contributed by atoms with Crippen LogP contribution in [0.3, 0.4) is 0 Å². The first-order chi connectivity index (χ1) is 8.73. The fourth-order valence-corrected chi connectivity index (χ4v) is 3.39. The molecule has 0 aliphatic carbocycles. The van der Waals surface area contributed by atoms with Crippen LogP contribution in [0.1, 0.15) is 45.4 Å². The van der Waals surface area contributed by atoms with Crippen LogP contribution in [-0.2, 0) is 4.79 Å². The Morgan fingerprint density at radius 1 is 1.39 bits per heavy atom. The molecule has 2 rings (SSSR count). The van der Waals surface area contributed by atoms with E-state index in [9.17, 15) is 9.90 Å². The molecule has 1 unspecified atom stereocenters. The molecule has 1 atom stereocenters. The number of hydrogen-bond acceptors (Lipinski definition) is 3. The van der Waals surface area contributed by atoms with Gasteiger partial charge in [0, 0.05) is 6.54 Å². The van der Waals surface area contributed by atoms with E-state index in [4.69, 9.17) is 0 Å². The summed E-state index contributed by atoms with van der Waals surface area (Å²) in [6, 6.07) is 0.0598. The number of hydrogen-bond donors (Lipinski definition) is 2. The van der Waals surface area contributed by atoms with Gasteiger partial charge >= 0.3 is 0 Å². The van der Waals surface area contributed by atoms with Gasteiger partial charge in [-0.15, -0.1) is 0 Å². The van der Waals surface area contributed by atoms with Crippen LogP contribution in [0.4, 0.5) is 0 Å². The number of nitrogens with zero attached hydrogens (tertiary/aromatic N) is 1. The van der Waals surface area contributed by atoms with E-state index in [0.717, 1.165) is 58.2 Å². The summed E-state index contributed by atoms with van der Waals surface area (Å²) < 4.78 is 0. The largest absolute Gasteiger partial charge is 0.394 e. The van der Waals surface area contributed by atoms with E-state index in [0.29, 0.717) is 5.91 Å². The molecule has 2 aliphatic heterocycles. The Morgan fingerprint density at radius 3 is 2.72 bits per heavy atom. The summed E-state index contributed by atoms with van der Waals surface area (Å²) in [4.78, 5) is 14.8. The molecule has 1 amide bonds. The lowest BCUT2D eigenvalue weighted by Gasteiger charge is -2.43. The van der Waals surface area contributed by atoms with Crippen LogP contribution < -0.4 is 5.32 Å². The lowest BCUT2D eigenvalue weighted by Crippen LogP contribution is -2.54. The van der Waals surface area contributed by atoms with Gasteiger partial charge in [0.15, 0.2) is 0 Å². The Kier molecular flexibility index (Phi) is 4.62. The molecule has 0 radical (unpaired) electrons. The highest BCUT2D eigenvalue weighted by Gasteiger charge is 2.42. The third kappa shape index (κ3) is 2.54. The van der Waals surface area contributed by atoms with Crippen molar-refractivity contribution in [1.29, 1.82) is 0 Å². The van der Waals surface area contributed by atoms with E-state index in [1.807, 2.05) is 4.90 Å². The fourth-order valence-electron chi connectivity index (χ4n) is 3.39. The minimum Gasteiger partial charge on any atom is -0.394 e. The number of carbonyl (C=O) groups is 1. The summed E-state index contributed by atoms with van der Waals surface area (Å²) in [5, 5.41) is 12.8. The smallest absolute Gasteiger partial charge is 0.229 e. The summed E-state index contributed by atoms with van der Waals surface area (Å²) in [6.07, 6.45) is 5.98. The molecule has 2 aliphatic rings. The number of rotatable bonds is 3. The summed E-state index contributed by atoms with van der Waals surface area (Å²) in [7, 11) is 0. The maximum Gasteiger partial charge on any atom is 0.229 e. The molecule has 18 heavy (non-hydrogen) atoms.